The van der Waals surface area contributed by atoms with E-state index in [0.717, 1.165) is 44.3 Å². The summed E-state index contributed by atoms with van der Waals surface area (Å²) >= 11 is 14.5. The van der Waals surface area contributed by atoms with Crippen molar-refractivity contribution in [2.24, 2.45) is 16.9 Å². The summed E-state index contributed by atoms with van der Waals surface area (Å²) in [6.07, 6.45) is 3.31. The van der Waals surface area contributed by atoms with Crippen LogP contribution in [0.25, 0.3) is 0 Å². The second-order valence-electron chi connectivity index (χ2n) is 11.1. The van der Waals surface area contributed by atoms with Gasteiger partial charge in [0.1, 0.15) is 12.4 Å². The van der Waals surface area contributed by atoms with Gasteiger partial charge in [0.05, 0.1) is 28.9 Å². The smallest absolute Gasteiger partial charge is 0.245 e. The summed E-state index contributed by atoms with van der Waals surface area (Å²) in [4.78, 5) is 29.6. The Hall–Kier alpha value is -1.22. The molecule has 1 unspecified atom stereocenters. The first-order valence-electron chi connectivity index (χ1n) is 15.6. The topological polar surface area (TPSA) is 92.8 Å². The van der Waals surface area contributed by atoms with Crippen LogP contribution in [0.3, 0.4) is 0 Å². The van der Waals surface area contributed by atoms with Crippen LogP contribution in [0.2, 0.25) is 10.0 Å². The van der Waals surface area contributed by atoms with E-state index in [9.17, 15) is 9.59 Å². The maximum absolute atomic E-state index is 12.4. The van der Waals surface area contributed by atoms with Crippen molar-refractivity contribution >= 4 is 69.4 Å². The quantitative estimate of drug-likeness (QED) is 0.185. The fraction of sp³-hybridized carbons (Fsp3) is 0.700. The highest BCUT2D eigenvalue weighted by atomic mass is 127. The zero-order valence-electron chi connectivity index (χ0n) is 25.8. The number of piperidine rings is 1. The van der Waals surface area contributed by atoms with Crippen molar-refractivity contribution in [3.05, 3.63) is 28.2 Å². The number of hydrogen-bond donors (Lipinski definition) is 2. The minimum absolute atomic E-state index is 0.0460. The molecule has 1 aromatic rings. The predicted octanol–water partition coefficient (Wildman–Crippen LogP) is 4.50. The van der Waals surface area contributed by atoms with E-state index < -0.39 is 0 Å². The van der Waals surface area contributed by atoms with Crippen molar-refractivity contribution in [2.75, 3.05) is 83.7 Å². The molecule has 1 atom stereocenters. The van der Waals surface area contributed by atoms with E-state index in [1.807, 2.05) is 26.8 Å². The van der Waals surface area contributed by atoms with Crippen LogP contribution in [0.4, 0.5) is 5.69 Å². The van der Waals surface area contributed by atoms with Gasteiger partial charge in [-0.05, 0) is 56.5 Å². The number of halogens is 3. The maximum atomic E-state index is 12.4. The van der Waals surface area contributed by atoms with Crippen LogP contribution in [-0.2, 0) is 14.3 Å². The van der Waals surface area contributed by atoms with Gasteiger partial charge in [0.2, 0.25) is 11.8 Å². The summed E-state index contributed by atoms with van der Waals surface area (Å²) in [5.74, 6) is 1.21. The minimum Gasteiger partial charge on any atom is -0.370 e. The third-order valence-electron chi connectivity index (χ3n) is 7.84. The molecule has 0 saturated carbocycles. The number of nitrogens with zero attached hydrogens (tertiary/aromatic N) is 5. The first-order valence-corrected chi connectivity index (χ1v) is 17.3. The van der Waals surface area contributed by atoms with E-state index in [1.165, 1.54) is 32.5 Å². The molecule has 2 amide bonds. The van der Waals surface area contributed by atoms with Gasteiger partial charge in [-0.25, -0.2) is 3.11 Å². The molecule has 0 aromatic heterocycles. The number of ether oxygens (including phenoxy) is 1. The molecule has 10 nitrogen and oxygen atoms in total. The third kappa shape index (κ3) is 12.6. The van der Waals surface area contributed by atoms with Crippen molar-refractivity contribution < 1.29 is 14.3 Å². The zero-order valence-corrected chi connectivity index (χ0v) is 29.5. The van der Waals surface area contributed by atoms with Gasteiger partial charge in [-0.15, -0.1) is 0 Å². The van der Waals surface area contributed by atoms with Gasteiger partial charge in [-0.2, -0.15) is 5.10 Å². The minimum atomic E-state index is -0.151. The Morgan fingerprint density at radius 1 is 1.02 bits per heavy atom. The highest BCUT2D eigenvalue weighted by Gasteiger charge is 2.26. The Labute approximate surface area is 281 Å². The Bertz CT molecular complexity index is 1050. The van der Waals surface area contributed by atoms with Gasteiger partial charge in [0, 0.05) is 81.0 Å². The van der Waals surface area contributed by atoms with E-state index in [2.05, 4.69) is 51.5 Å². The lowest BCUT2D eigenvalue weighted by Crippen LogP contribution is -2.46. The number of nitrogens with one attached hydrogen (secondary N) is 2. The number of carbonyl (C=O) groups excluding carboxylic acids is 2. The van der Waals surface area contributed by atoms with Crippen molar-refractivity contribution in [1.82, 2.24) is 23.5 Å². The van der Waals surface area contributed by atoms with E-state index in [-0.39, 0.29) is 24.3 Å². The summed E-state index contributed by atoms with van der Waals surface area (Å²) in [6, 6.07) is 5.34. The normalized spacial score (nSPS) is 20.4. The van der Waals surface area contributed by atoms with E-state index in [4.69, 9.17) is 27.9 Å². The lowest BCUT2D eigenvalue weighted by atomic mass is 9.96. The van der Waals surface area contributed by atoms with E-state index in [1.54, 1.807) is 17.1 Å². The van der Waals surface area contributed by atoms with Crippen molar-refractivity contribution in [3.8, 4) is 0 Å². The molecular weight excluding hydrogens is 704 g/mol. The monoisotopic (exact) mass is 751 g/mol. The Morgan fingerprint density at radius 3 is 2.44 bits per heavy atom. The van der Waals surface area contributed by atoms with Crippen molar-refractivity contribution in [1.29, 1.82) is 0 Å². The molecule has 3 aliphatic rings. The molecule has 0 radical (unpaired) electrons. The van der Waals surface area contributed by atoms with Gasteiger partial charge in [-0.1, -0.05) is 44.0 Å². The number of amidine groups is 1. The fourth-order valence-electron chi connectivity index (χ4n) is 5.33. The molecule has 13 heteroatoms. The first kappa shape index (κ1) is 36.3. The van der Waals surface area contributed by atoms with Crippen LogP contribution < -0.4 is 15.6 Å². The third-order valence-corrected chi connectivity index (χ3v) is 9.54. The van der Waals surface area contributed by atoms with Gasteiger partial charge >= 0.3 is 0 Å². The number of hydrogen-bond acceptors (Lipinski definition) is 8. The molecule has 3 aliphatic heterocycles. The number of amides is 2. The molecule has 0 spiro atoms. The number of anilines is 1. The molecule has 242 valence electrons. The number of hydrazone groups is 1. The molecule has 43 heavy (non-hydrogen) atoms. The Balaban J connectivity index is 0.00000248. The number of benzene rings is 1. The molecule has 1 aromatic carbocycles. The molecular formula is C30H48Cl2IN7O3. The van der Waals surface area contributed by atoms with Crippen molar-refractivity contribution in [2.45, 2.75) is 46.5 Å². The van der Waals surface area contributed by atoms with Gasteiger partial charge in [-0.3, -0.25) is 14.6 Å². The maximum Gasteiger partial charge on any atom is 0.245 e. The molecule has 2 saturated heterocycles. The second kappa shape index (κ2) is 19.3. The SMILES string of the molecule is CC.CC1CN(c2ccc(Cl)c(Cl)c2)N=C1NC(=O)CCCNC(=O)COCCN1CCC(CN2CCN(I)CC2)CC1. The average Bonchev–Trinajstić information content (AvgIpc) is 3.37. The Kier molecular flexibility index (Phi) is 16.3. The van der Waals surface area contributed by atoms with Crippen LogP contribution in [-0.4, -0.2) is 109 Å². The molecule has 0 bridgehead atoms. The lowest BCUT2D eigenvalue weighted by Gasteiger charge is -2.37. The second-order valence-corrected chi connectivity index (χ2v) is 13.3. The standard InChI is InChI=1S/C28H42Cl2IN7O3.C2H6/c1-21-18-38(23-4-5-24(29)25(30)17-23)34-28(21)33-26(39)3-2-8-32-27(40)20-41-16-15-35-9-6-22(7-10-35)19-36-11-13-37(31)14-12-36;1-2/h4-5,17,21-22H,2-3,6-16,18-20H2,1H3,(H,32,40)(H,33,34,39);1-2H3. The Morgan fingerprint density at radius 2 is 1.74 bits per heavy atom. The largest absolute Gasteiger partial charge is 0.370 e. The highest BCUT2D eigenvalue weighted by Crippen LogP contribution is 2.29. The average molecular weight is 753 g/mol. The molecule has 2 fully saturated rings. The number of likely N-dealkylation sites (tertiary alicyclic amines) is 1. The first-order chi connectivity index (χ1) is 20.8. The number of carbonyl (C=O) groups is 2. The molecule has 3 heterocycles. The summed E-state index contributed by atoms with van der Waals surface area (Å²) in [7, 11) is 0. The summed E-state index contributed by atoms with van der Waals surface area (Å²) in [5, 5.41) is 13.0. The van der Waals surface area contributed by atoms with Crippen LogP contribution >= 0.6 is 46.1 Å². The van der Waals surface area contributed by atoms with Crippen LogP contribution in [0.1, 0.15) is 46.5 Å². The van der Waals surface area contributed by atoms with E-state index in [0.29, 0.717) is 48.4 Å². The predicted molar refractivity (Wildman–Crippen MR) is 184 cm³/mol. The highest BCUT2D eigenvalue weighted by molar-refractivity contribution is 14.1. The number of piperazine rings is 1. The number of rotatable bonds is 12. The lowest BCUT2D eigenvalue weighted by molar-refractivity contribution is -0.126. The van der Waals surface area contributed by atoms with Crippen LogP contribution in [0.15, 0.2) is 23.3 Å². The van der Waals surface area contributed by atoms with Crippen molar-refractivity contribution in [3.63, 3.8) is 0 Å². The van der Waals surface area contributed by atoms with Gasteiger partial charge in [0.15, 0.2) is 0 Å². The van der Waals surface area contributed by atoms with Crippen LogP contribution in [0, 0.1) is 11.8 Å². The molecule has 2 N–H and O–H groups in total. The van der Waals surface area contributed by atoms with Crippen LogP contribution in [0.5, 0.6) is 0 Å². The molecule has 0 aliphatic carbocycles. The molecule has 4 rings (SSSR count). The summed E-state index contributed by atoms with van der Waals surface area (Å²) in [5.41, 5.74) is 0.821. The summed E-state index contributed by atoms with van der Waals surface area (Å²) < 4.78 is 7.99. The zero-order chi connectivity index (χ0) is 31.2. The van der Waals surface area contributed by atoms with E-state index >= 15 is 0 Å². The fourth-order valence-corrected chi connectivity index (χ4v) is 6.05. The van der Waals surface area contributed by atoms with Gasteiger partial charge < -0.3 is 25.2 Å². The van der Waals surface area contributed by atoms with Gasteiger partial charge in [0.25, 0.3) is 0 Å². The summed E-state index contributed by atoms with van der Waals surface area (Å²) in [6.45, 7) is 16.7.